The average Bonchev–Trinajstić information content (AvgIpc) is 3.50. The number of nitrogens with one attached hydrogen (secondary N) is 1. The zero-order valence-electron chi connectivity index (χ0n) is 22.0. The Morgan fingerprint density at radius 3 is 2.63 bits per heavy atom. The van der Waals surface area contributed by atoms with Crippen molar-refractivity contribution in [1.29, 1.82) is 0 Å². The van der Waals surface area contributed by atoms with Crippen LogP contribution in [0.25, 0.3) is 43.7 Å². The van der Waals surface area contributed by atoms with Gasteiger partial charge in [-0.25, -0.2) is 13.8 Å². The molecule has 0 saturated carbocycles. The van der Waals surface area contributed by atoms with Crippen molar-refractivity contribution in [2.45, 2.75) is 19.6 Å². The summed E-state index contributed by atoms with van der Waals surface area (Å²) in [5.74, 6) is -0.609. The van der Waals surface area contributed by atoms with Crippen LogP contribution >= 0.6 is 11.3 Å². The fourth-order valence-corrected chi connectivity index (χ4v) is 6.37. The Hall–Kier alpha value is -4.46. The number of benzene rings is 3. The quantitative estimate of drug-likeness (QED) is 0.223. The lowest BCUT2D eigenvalue weighted by Crippen LogP contribution is -2.23. The topological polar surface area (TPSA) is 47.0 Å². The molecular formula is C34H25F2N3OS. The van der Waals surface area contributed by atoms with Gasteiger partial charge in [-0.1, -0.05) is 42.5 Å². The number of fused-ring (bicyclic) bond motifs is 2. The Morgan fingerprint density at radius 1 is 0.854 bits per heavy atom. The maximum Gasteiger partial charge on any atom is 0.148 e. The van der Waals surface area contributed by atoms with Crippen molar-refractivity contribution in [2.75, 3.05) is 6.54 Å². The molecule has 41 heavy (non-hydrogen) atoms. The molecule has 1 aliphatic rings. The van der Waals surface area contributed by atoms with Crippen LogP contribution in [0.3, 0.4) is 0 Å². The lowest BCUT2D eigenvalue weighted by Gasteiger charge is -2.20. The number of hydrogen-bond acceptors (Lipinski definition) is 5. The second kappa shape index (κ2) is 10.8. The van der Waals surface area contributed by atoms with Crippen LogP contribution < -0.4 is 10.1 Å². The minimum absolute atomic E-state index is 0.132. The van der Waals surface area contributed by atoms with Crippen LogP contribution in [0.1, 0.15) is 16.8 Å². The number of hydrogen-bond donors (Lipinski definition) is 1. The molecule has 202 valence electrons. The molecular weight excluding hydrogens is 536 g/mol. The smallest absolute Gasteiger partial charge is 0.148 e. The van der Waals surface area contributed by atoms with Gasteiger partial charge in [0, 0.05) is 51.1 Å². The lowest BCUT2D eigenvalue weighted by molar-refractivity contribution is 0.294. The number of ether oxygens (including phenoxy) is 1. The summed E-state index contributed by atoms with van der Waals surface area (Å²) in [4.78, 5) is 9.40. The maximum atomic E-state index is 14.6. The average molecular weight is 562 g/mol. The van der Waals surface area contributed by atoms with Crippen LogP contribution in [-0.2, 0) is 19.6 Å². The highest BCUT2D eigenvalue weighted by molar-refractivity contribution is 7.18. The maximum absolute atomic E-state index is 14.6. The summed E-state index contributed by atoms with van der Waals surface area (Å²) < 4.78 is 36.0. The Morgan fingerprint density at radius 2 is 1.76 bits per heavy atom. The van der Waals surface area contributed by atoms with Gasteiger partial charge in [0.2, 0.25) is 0 Å². The fourth-order valence-electron chi connectivity index (χ4n) is 5.42. The van der Waals surface area contributed by atoms with E-state index in [0.717, 1.165) is 57.7 Å². The molecule has 3 aromatic heterocycles. The molecule has 0 aliphatic carbocycles. The number of halogens is 2. The largest absolute Gasteiger partial charge is 0.486 e. The van der Waals surface area contributed by atoms with Crippen LogP contribution in [-0.4, -0.2) is 16.5 Å². The van der Waals surface area contributed by atoms with Crippen LogP contribution in [0.2, 0.25) is 0 Å². The normalized spacial score (nSPS) is 12.8. The van der Waals surface area contributed by atoms with Crippen LogP contribution in [0.4, 0.5) is 8.78 Å². The van der Waals surface area contributed by atoms with E-state index in [1.54, 1.807) is 17.4 Å². The molecule has 0 fully saturated rings. The van der Waals surface area contributed by atoms with Crippen molar-refractivity contribution in [3.05, 3.63) is 125 Å². The third kappa shape index (κ3) is 4.88. The Bertz CT molecular complexity index is 1890. The number of thiophene rings is 1. The Balaban J connectivity index is 1.43. The van der Waals surface area contributed by atoms with Gasteiger partial charge in [-0.05, 0) is 65.9 Å². The van der Waals surface area contributed by atoms with Gasteiger partial charge in [0.15, 0.2) is 0 Å². The van der Waals surface area contributed by atoms with Crippen molar-refractivity contribution in [1.82, 2.24) is 15.3 Å². The van der Waals surface area contributed by atoms with Gasteiger partial charge in [-0.2, -0.15) is 0 Å². The molecule has 7 heteroatoms. The number of pyridine rings is 2. The summed E-state index contributed by atoms with van der Waals surface area (Å²) >= 11 is 1.61. The van der Waals surface area contributed by atoms with Gasteiger partial charge in [0.25, 0.3) is 0 Å². The van der Waals surface area contributed by atoms with Crippen molar-refractivity contribution >= 4 is 21.4 Å². The minimum atomic E-state index is -0.470. The molecule has 0 radical (unpaired) electrons. The summed E-state index contributed by atoms with van der Waals surface area (Å²) in [6.45, 7) is 1.70. The number of rotatable bonds is 6. The number of aromatic nitrogens is 2. The van der Waals surface area contributed by atoms with E-state index in [4.69, 9.17) is 9.72 Å². The molecule has 1 aliphatic heterocycles. The highest BCUT2D eigenvalue weighted by Crippen LogP contribution is 2.46. The van der Waals surface area contributed by atoms with Crippen molar-refractivity contribution < 1.29 is 13.5 Å². The molecule has 6 aromatic rings. The van der Waals surface area contributed by atoms with E-state index >= 15 is 0 Å². The molecule has 0 saturated heterocycles. The molecule has 0 spiro atoms. The van der Waals surface area contributed by atoms with Gasteiger partial charge in [-0.3, -0.25) is 4.98 Å². The first-order valence-corrected chi connectivity index (χ1v) is 14.4. The Labute approximate surface area is 240 Å². The van der Waals surface area contributed by atoms with Crippen LogP contribution in [0, 0.1) is 11.6 Å². The number of nitrogens with zero attached hydrogens (tertiary/aromatic N) is 2. The summed E-state index contributed by atoms with van der Waals surface area (Å²) in [5, 5.41) is 6.52. The molecule has 1 N–H and O–H groups in total. The highest BCUT2D eigenvalue weighted by Gasteiger charge is 2.23. The van der Waals surface area contributed by atoms with E-state index in [9.17, 15) is 8.78 Å². The Kier molecular flexibility index (Phi) is 6.74. The van der Waals surface area contributed by atoms with Crippen LogP contribution in [0.15, 0.2) is 96.5 Å². The van der Waals surface area contributed by atoms with Gasteiger partial charge in [0.05, 0.1) is 11.4 Å². The summed E-state index contributed by atoms with van der Waals surface area (Å²) in [7, 11) is 0. The first kappa shape index (κ1) is 25.5. The van der Waals surface area contributed by atoms with E-state index in [2.05, 4.69) is 39.9 Å². The van der Waals surface area contributed by atoms with E-state index in [1.165, 1.54) is 41.6 Å². The summed E-state index contributed by atoms with van der Waals surface area (Å²) in [6, 6.07) is 26.0. The van der Waals surface area contributed by atoms with E-state index in [1.807, 2.05) is 30.3 Å². The molecule has 0 amide bonds. The van der Waals surface area contributed by atoms with E-state index < -0.39 is 11.6 Å². The SMILES string of the molecule is Fc1ccc(-c2c(-c3ccccc3)nc(-c3ccc4c(c3)CCNC4)c3ccsc23)c(OCc2ncccc2F)c1. The zero-order valence-corrected chi connectivity index (χ0v) is 22.8. The third-order valence-electron chi connectivity index (χ3n) is 7.43. The second-order valence-corrected chi connectivity index (χ2v) is 10.9. The minimum Gasteiger partial charge on any atom is -0.486 e. The summed E-state index contributed by atoms with van der Waals surface area (Å²) in [6.07, 6.45) is 2.49. The third-order valence-corrected chi connectivity index (χ3v) is 8.37. The lowest BCUT2D eigenvalue weighted by atomic mass is 9.93. The molecule has 4 nitrogen and oxygen atoms in total. The van der Waals surface area contributed by atoms with Gasteiger partial charge in [-0.15, -0.1) is 11.3 Å². The van der Waals surface area contributed by atoms with Crippen molar-refractivity contribution in [3.8, 4) is 39.4 Å². The molecule has 0 bridgehead atoms. The van der Waals surface area contributed by atoms with Crippen molar-refractivity contribution in [3.63, 3.8) is 0 Å². The van der Waals surface area contributed by atoms with Crippen LogP contribution in [0.5, 0.6) is 5.75 Å². The standard InChI is InChI=1S/C34H25F2N3OS/c35-25-10-11-26(30(18-25)40-20-29-28(36)7-4-14-38-29)31-33(21-5-2-1-3-6-21)39-32(27-13-16-41-34(27)31)23-8-9-24-19-37-15-12-22(24)17-23/h1-11,13-14,16-18,37H,12,15,19-20H2. The second-order valence-electron chi connectivity index (χ2n) is 9.98. The first-order valence-electron chi connectivity index (χ1n) is 13.5. The zero-order chi connectivity index (χ0) is 27.8. The monoisotopic (exact) mass is 561 g/mol. The highest BCUT2D eigenvalue weighted by atomic mass is 32.1. The van der Waals surface area contributed by atoms with Crippen molar-refractivity contribution in [2.24, 2.45) is 0 Å². The van der Waals surface area contributed by atoms with E-state index in [0.29, 0.717) is 11.3 Å². The molecule has 0 atom stereocenters. The molecule has 7 rings (SSSR count). The summed E-state index contributed by atoms with van der Waals surface area (Å²) in [5.41, 5.74) is 8.04. The van der Waals surface area contributed by atoms with Gasteiger partial charge in [0.1, 0.15) is 29.7 Å². The predicted molar refractivity (Wildman–Crippen MR) is 160 cm³/mol. The fraction of sp³-hybridized carbons (Fsp3) is 0.118. The van der Waals surface area contributed by atoms with E-state index in [-0.39, 0.29) is 12.3 Å². The first-order chi connectivity index (χ1) is 20.2. The van der Waals surface area contributed by atoms with Gasteiger partial charge < -0.3 is 10.1 Å². The predicted octanol–water partition coefficient (Wildman–Crippen LogP) is 8.20. The molecule has 3 aromatic carbocycles. The molecule has 4 heterocycles. The van der Waals surface area contributed by atoms with Gasteiger partial charge >= 0.3 is 0 Å². The molecule has 0 unspecified atom stereocenters.